The summed E-state index contributed by atoms with van der Waals surface area (Å²) in [5.41, 5.74) is 2.90. The molecule has 0 fully saturated rings. The van der Waals surface area contributed by atoms with Gasteiger partial charge in [-0.05, 0) is 12.8 Å². The third-order valence-electron chi connectivity index (χ3n) is 2.13. The predicted molar refractivity (Wildman–Crippen MR) is 65.3 cm³/mol. The lowest BCUT2D eigenvalue weighted by molar-refractivity contribution is 0.255. The van der Waals surface area contributed by atoms with Crippen LogP contribution in [0.3, 0.4) is 0 Å². The second-order valence-corrected chi connectivity index (χ2v) is 3.62. The van der Waals surface area contributed by atoms with Crippen LogP contribution in [0.2, 0.25) is 0 Å². The van der Waals surface area contributed by atoms with Crippen LogP contribution in [0.4, 0.5) is 0 Å². The van der Waals surface area contributed by atoms with Crippen LogP contribution in [0.25, 0.3) is 0 Å². The quantitative estimate of drug-likeness (QED) is 0.269. The van der Waals surface area contributed by atoms with Gasteiger partial charge >= 0.3 is 0 Å². The van der Waals surface area contributed by atoms with Crippen LogP contribution in [0.15, 0.2) is 12.2 Å². The first-order valence-corrected chi connectivity index (χ1v) is 5.57. The number of nitrogens with zero attached hydrogens (tertiary/aromatic N) is 1. The van der Waals surface area contributed by atoms with E-state index in [1.54, 1.807) is 0 Å². The summed E-state index contributed by atoms with van der Waals surface area (Å²) in [6, 6.07) is 0. The second-order valence-electron chi connectivity index (χ2n) is 3.62. The molecule has 0 saturated carbocycles. The zero-order valence-corrected chi connectivity index (χ0v) is 9.64. The fraction of sp³-hybridized carbons (Fsp3) is 0.600. The fourth-order valence-corrected chi connectivity index (χ4v) is 1.35. The van der Waals surface area contributed by atoms with Gasteiger partial charge in [0.1, 0.15) is 0 Å². The third kappa shape index (κ3) is 4.79. The highest BCUT2D eigenvalue weighted by Gasteiger charge is 2.07. The number of hydrogen-bond donors (Lipinski definition) is 5. The number of hydrazine groups is 1. The largest absolute Gasteiger partial charge is 0.356 e. The Labute approximate surface area is 96.1 Å². The molecule has 1 aliphatic rings. The van der Waals surface area contributed by atoms with Gasteiger partial charge in [0.05, 0.1) is 0 Å². The number of hydrogen-bond acceptors (Lipinski definition) is 3. The van der Waals surface area contributed by atoms with Crippen LogP contribution in [0, 0.1) is 10.8 Å². The zero-order valence-electron chi connectivity index (χ0n) is 9.64. The third-order valence-corrected chi connectivity index (χ3v) is 2.13. The molecule has 0 spiro atoms. The van der Waals surface area contributed by atoms with Crippen molar-refractivity contribution >= 4 is 11.9 Å². The van der Waals surface area contributed by atoms with Gasteiger partial charge in [0.2, 0.25) is 5.96 Å². The molecular weight excluding hydrogens is 204 g/mol. The highest BCUT2D eigenvalue weighted by Crippen LogP contribution is 1.96. The Balaban J connectivity index is 2.19. The van der Waals surface area contributed by atoms with Crippen molar-refractivity contribution in [3.63, 3.8) is 0 Å². The van der Waals surface area contributed by atoms with Crippen molar-refractivity contribution in [1.29, 1.82) is 10.8 Å². The Morgan fingerprint density at radius 1 is 1.31 bits per heavy atom. The number of nitrogens with one attached hydrogen (secondary N) is 5. The molecule has 0 saturated heterocycles. The van der Waals surface area contributed by atoms with Gasteiger partial charge in [-0.25, -0.2) is 5.01 Å². The summed E-state index contributed by atoms with van der Waals surface area (Å²) in [4.78, 5) is 0. The van der Waals surface area contributed by atoms with Crippen molar-refractivity contribution in [3.05, 3.63) is 12.2 Å². The second kappa shape index (κ2) is 6.84. The molecule has 0 aromatic carbocycles. The van der Waals surface area contributed by atoms with Gasteiger partial charge in [-0.1, -0.05) is 19.1 Å². The Morgan fingerprint density at radius 2 is 2.12 bits per heavy atom. The van der Waals surface area contributed by atoms with Crippen molar-refractivity contribution < 1.29 is 0 Å². The lowest BCUT2D eigenvalue weighted by Crippen LogP contribution is -2.52. The Hall–Kier alpha value is -1.56. The Kier molecular flexibility index (Phi) is 5.35. The monoisotopic (exact) mass is 224 g/mol. The lowest BCUT2D eigenvalue weighted by Gasteiger charge is -2.25. The van der Waals surface area contributed by atoms with E-state index < -0.39 is 0 Å². The molecule has 6 heteroatoms. The van der Waals surface area contributed by atoms with E-state index in [1.165, 1.54) is 0 Å². The highest BCUT2D eigenvalue weighted by atomic mass is 15.5. The molecule has 0 unspecified atom stereocenters. The van der Waals surface area contributed by atoms with E-state index in [9.17, 15) is 0 Å². The molecule has 0 bridgehead atoms. The van der Waals surface area contributed by atoms with Gasteiger partial charge in [0.25, 0.3) is 0 Å². The van der Waals surface area contributed by atoms with E-state index in [-0.39, 0.29) is 11.9 Å². The van der Waals surface area contributed by atoms with Crippen molar-refractivity contribution in [1.82, 2.24) is 21.1 Å². The van der Waals surface area contributed by atoms with Gasteiger partial charge < -0.3 is 5.32 Å². The molecule has 6 nitrogen and oxygen atoms in total. The van der Waals surface area contributed by atoms with Crippen LogP contribution in [-0.2, 0) is 0 Å². The molecule has 1 heterocycles. The summed E-state index contributed by atoms with van der Waals surface area (Å²) >= 11 is 0. The first-order valence-electron chi connectivity index (χ1n) is 5.57. The SMILES string of the molecule is CCCNC(=N)NC(=N)NN1CC=CCC1. The van der Waals surface area contributed by atoms with E-state index in [4.69, 9.17) is 10.8 Å². The summed E-state index contributed by atoms with van der Waals surface area (Å²) in [6.45, 7) is 4.45. The number of rotatable bonds is 3. The van der Waals surface area contributed by atoms with Crippen LogP contribution in [0.1, 0.15) is 19.8 Å². The van der Waals surface area contributed by atoms with Crippen LogP contribution >= 0.6 is 0 Å². The zero-order chi connectivity index (χ0) is 11.8. The maximum Gasteiger partial charge on any atom is 0.210 e. The maximum atomic E-state index is 7.62. The Bertz CT molecular complexity index is 272. The average Bonchev–Trinajstić information content (AvgIpc) is 2.27. The molecule has 1 rings (SSSR count). The van der Waals surface area contributed by atoms with Gasteiger partial charge in [0, 0.05) is 19.6 Å². The Morgan fingerprint density at radius 3 is 2.75 bits per heavy atom. The highest BCUT2D eigenvalue weighted by molar-refractivity contribution is 5.95. The van der Waals surface area contributed by atoms with Crippen molar-refractivity contribution in [2.75, 3.05) is 19.6 Å². The molecule has 0 radical (unpaired) electrons. The lowest BCUT2D eigenvalue weighted by atomic mass is 10.3. The van der Waals surface area contributed by atoms with Gasteiger partial charge in [-0.3, -0.25) is 21.6 Å². The predicted octanol–water partition coefficient (Wildman–Crippen LogP) is 0.212. The molecule has 0 amide bonds. The number of guanidine groups is 2. The molecule has 5 N–H and O–H groups in total. The first-order chi connectivity index (χ1) is 7.72. The molecule has 0 aromatic rings. The fourth-order valence-electron chi connectivity index (χ4n) is 1.35. The van der Waals surface area contributed by atoms with E-state index in [2.05, 4.69) is 28.2 Å². The summed E-state index contributed by atoms with van der Waals surface area (Å²) in [5, 5.41) is 22.6. The minimum atomic E-state index is 0.129. The van der Waals surface area contributed by atoms with Crippen molar-refractivity contribution in [2.45, 2.75) is 19.8 Å². The molecule has 0 atom stereocenters. The topological polar surface area (TPSA) is 87.0 Å². The van der Waals surface area contributed by atoms with Gasteiger partial charge in [0.15, 0.2) is 5.96 Å². The molecule has 16 heavy (non-hydrogen) atoms. The summed E-state index contributed by atoms with van der Waals surface area (Å²) in [5.74, 6) is 0.288. The van der Waals surface area contributed by atoms with Gasteiger partial charge in [-0.2, -0.15) is 0 Å². The van der Waals surface area contributed by atoms with Crippen LogP contribution < -0.4 is 16.1 Å². The van der Waals surface area contributed by atoms with E-state index in [0.717, 1.165) is 32.5 Å². The smallest absolute Gasteiger partial charge is 0.210 e. The molecule has 90 valence electrons. The van der Waals surface area contributed by atoms with E-state index in [1.807, 2.05) is 11.9 Å². The van der Waals surface area contributed by atoms with Crippen LogP contribution in [-0.4, -0.2) is 36.6 Å². The molecule has 1 aliphatic heterocycles. The van der Waals surface area contributed by atoms with E-state index >= 15 is 0 Å². The molecular formula is C10H20N6. The average molecular weight is 224 g/mol. The normalized spacial score (nSPS) is 15.6. The van der Waals surface area contributed by atoms with Crippen molar-refractivity contribution in [2.24, 2.45) is 0 Å². The van der Waals surface area contributed by atoms with Crippen LogP contribution in [0.5, 0.6) is 0 Å². The summed E-state index contributed by atoms with van der Waals surface area (Å²) in [7, 11) is 0. The molecule has 0 aliphatic carbocycles. The summed E-state index contributed by atoms with van der Waals surface area (Å²) in [6.07, 6.45) is 6.14. The van der Waals surface area contributed by atoms with E-state index in [0.29, 0.717) is 0 Å². The standard InChI is InChI=1S/C10H20N6/c1-2-6-13-9(11)14-10(12)15-16-7-4-3-5-8-16/h3-4H,2,5-8H2,1H3,(H5,11,12,13,14,15). The maximum absolute atomic E-state index is 7.62. The summed E-state index contributed by atoms with van der Waals surface area (Å²) < 4.78 is 0. The first kappa shape index (κ1) is 12.5. The van der Waals surface area contributed by atoms with Crippen molar-refractivity contribution in [3.8, 4) is 0 Å². The minimum Gasteiger partial charge on any atom is -0.356 e. The molecule has 0 aromatic heterocycles. The van der Waals surface area contributed by atoms with Gasteiger partial charge in [-0.15, -0.1) is 0 Å². The minimum absolute atomic E-state index is 0.129.